The van der Waals surface area contributed by atoms with E-state index in [0.717, 1.165) is 0 Å². The van der Waals surface area contributed by atoms with E-state index in [1.807, 2.05) is 0 Å². The summed E-state index contributed by atoms with van der Waals surface area (Å²) in [6, 6.07) is 12.2. The van der Waals surface area contributed by atoms with E-state index in [2.05, 4.69) is 9.83 Å². The molecule has 0 aliphatic heterocycles. The van der Waals surface area contributed by atoms with Gasteiger partial charge in [0.25, 0.3) is 0 Å². The van der Waals surface area contributed by atoms with Crippen molar-refractivity contribution >= 4 is 17.3 Å². The summed E-state index contributed by atoms with van der Waals surface area (Å²) in [4.78, 5) is 7.49. The van der Waals surface area contributed by atoms with Gasteiger partial charge in [0, 0.05) is 17.3 Å². The molecule has 0 fully saturated rings. The van der Waals surface area contributed by atoms with Gasteiger partial charge in [-0.25, -0.2) is 13.6 Å². The Hall–Kier alpha value is -2.77. The van der Waals surface area contributed by atoms with Crippen LogP contribution in [0.1, 0.15) is 0 Å². The molecular formula is C18H9ClF2N2. The van der Waals surface area contributed by atoms with Crippen LogP contribution in [0.3, 0.4) is 0 Å². The van der Waals surface area contributed by atoms with Gasteiger partial charge in [-0.1, -0.05) is 23.7 Å². The summed E-state index contributed by atoms with van der Waals surface area (Å²) in [6.45, 7) is 7.02. The maximum atomic E-state index is 13.5. The van der Waals surface area contributed by atoms with Gasteiger partial charge < -0.3 is 0 Å². The molecule has 0 unspecified atom stereocenters. The first kappa shape index (κ1) is 15.1. The lowest BCUT2D eigenvalue weighted by Crippen LogP contribution is -1.90. The molecule has 0 N–H and O–H groups in total. The van der Waals surface area contributed by atoms with Crippen LogP contribution in [0.2, 0.25) is 5.02 Å². The van der Waals surface area contributed by atoms with Crippen LogP contribution < -0.4 is 0 Å². The van der Waals surface area contributed by atoms with Crippen LogP contribution in [0.4, 0.5) is 14.5 Å². The van der Waals surface area contributed by atoms with E-state index >= 15 is 0 Å². The van der Waals surface area contributed by atoms with Gasteiger partial charge in [-0.05, 0) is 42.0 Å². The number of hydrogen-bond donors (Lipinski definition) is 0. The van der Waals surface area contributed by atoms with E-state index in [0.29, 0.717) is 22.4 Å². The van der Waals surface area contributed by atoms with E-state index in [-0.39, 0.29) is 10.7 Å². The number of benzene rings is 2. The van der Waals surface area contributed by atoms with Gasteiger partial charge in [-0.15, -0.1) is 0 Å². The van der Waals surface area contributed by atoms with Crippen molar-refractivity contribution in [3.8, 4) is 22.4 Å². The molecule has 3 rings (SSSR count). The molecule has 0 spiro atoms. The second-order valence-corrected chi connectivity index (χ2v) is 5.21. The van der Waals surface area contributed by atoms with Crippen molar-refractivity contribution in [3.05, 3.63) is 82.8 Å². The number of rotatable bonds is 2. The predicted molar refractivity (Wildman–Crippen MR) is 86.3 cm³/mol. The highest BCUT2D eigenvalue weighted by molar-refractivity contribution is 6.31. The summed E-state index contributed by atoms with van der Waals surface area (Å²) in [7, 11) is 0. The Bertz CT molecular complexity index is 933. The fourth-order valence-electron chi connectivity index (χ4n) is 2.28. The van der Waals surface area contributed by atoms with Crippen molar-refractivity contribution in [1.82, 2.24) is 4.98 Å². The standard InChI is InChI=1S/C18H9ClF2N2/c1-22-17-10-11(4-7-16(17)21)13-3-2-8-23-18(13)12-5-6-15(20)14(19)9-12/h2-10H. The summed E-state index contributed by atoms with van der Waals surface area (Å²) in [5, 5.41) is 0.0000522. The molecular weight excluding hydrogens is 318 g/mol. The fraction of sp³-hybridized carbons (Fsp3) is 0. The normalized spacial score (nSPS) is 10.3. The van der Waals surface area contributed by atoms with Crippen LogP contribution in [0.25, 0.3) is 27.2 Å². The molecule has 0 radical (unpaired) electrons. The zero-order chi connectivity index (χ0) is 16.4. The third-order valence-corrected chi connectivity index (χ3v) is 3.67. The number of pyridine rings is 1. The first-order chi connectivity index (χ1) is 11.1. The number of nitrogens with zero attached hydrogens (tertiary/aromatic N) is 2. The molecule has 5 heteroatoms. The molecule has 0 aliphatic rings. The molecule has 2 nitrogen and oxygen atoms in total. The predicted octanol–water partition coefficient (Wildman–Crippen LogP) is 5.90. The fourth-order valence-corrected chi connectivity index (χ4v) is 2.46. The summed E-state index contributed by atoms with van der Waals surface area (Å²) in [6.07, 6.45) is 1.61. The summed E-state index contributed by atoms with van der Waals surface area (Å²) >= 11 is 5.84. The van der Waals surface area contributed by atoms with Gasteiger partial charge >= 0.3 is 0 Å². The van der Waals surface area contributed by atoms with Crippen LogP contribution in [0.15, 0.2) is 54.7 Å². The summed E-state index contributed by atoms with van der Waals surface area (Å²) in [5.74, 6) is -1.08. The first-order valence-electron chi connectivity index (χ1n) is 6.68. The molecule has 3 aromatic rings. The maximum absolute atomic E-state index is 13.5. The van der Waals surface area contributed by atoms with E-state index in [4.69, 9.17) is 18.2 Å². The average molecular weight is 327 g/mol. The zero-order valence-corrected chi connectivity index (χ0v) is 12.5. The third-order valence-electron chi connectivity index (χ3n) is 3.38. The van der Waals surface area contributed by atoms with Crippen molar-refractivity contribution in [2.45, 2.75) is 0 Å². The molecule has 0 saturated carbocycles. The molecule has 0 atom stereocenters. The third kappa shape index (κ3) is 2.92. The molecule has 1 heterocycles. The number of hydrogen-bond acceptors (Lipinski definition) is 1. The molecule has 0 aliphatic carbocycles. The van der Waals surface area contributed by atoms with E-state index in [9.17, 15) is 8.78 Å². The van der Waals surface area contributed by atoms with Crippen molar-refractivity contribution in [3.63, 3.8) is 0 Å². The number of halogens is 3. The van der Waals surface area contributed by atoms with Crippen LogP contribution in [-0.4, -0.2) is 4.98 Å². The SMILES string of the molecule is [C-]#[N+]c1cc(-c2cccnc2-c2ccc(F)c(Cl)c2)ccc1F. The monoisotopic (exact) mass is 326 g/mol. The zero-order valence-electron chi connectivity index (χ0n) is 11.7. The van der Waals surface area contributed by atoms with Crippen LogP contribution in [0.5, 0.6) is 0 Å². The van der Waals surface area contributed by atoms with Crippen LogP contribution in [-0.2, 0) is 0 Å². The van der Waals surface area contributed by atoms with Crippen LogP contribution in [0, 0.1) is 18.2 Å². The van der Waals surface area contributed by atoms with Crippen LogP contribution >= 0.6 is 11.6 Å². The van der Waals surface area contributed by atoms with Gasteiger partial charge in [0.1, 0.15) is 11.6 Å². The van der Waals surface area contributed by atoms with E-state index in [1.165, 1.54) is 24.3 Å². The lowest BCUT2D eigenvalue weighted by molar-refractivity contribution is 0.628. The first-order valence-corrected chi connectivity index (χ1v) is 7.06. The molecule has 0 bridgehead atoms. The Morgan fingerprint density at radius 1 is 0.957 bits per heavy atom. The molecule has 23 heavy (non-hydrogen) atoms. The second kappa shape index (κ2) is 6.15. The Morgan fingerprint density at radius 3 is 2.43 bits per heavy atom. The van der Waals surface area contributed by atoms with Gasteiger partial charge in [0.05, 0.1) is 17.3 Å². The maximum Gasteiger partial charge on any atom is 0.222 e. The summed E-state index contributed by atoms with van der Waals surface area (Å²) in [5.41, 5.74) is 2.52. The van der Waals surface area contributed by atoms with E-state index < -0.39 is 11.6 Å². The summed E-state index contributed by atoms with van der Waals surface area (Å²) < 4.78 is 26.9. The van der Waals surface area contributed by atoms with Gasteiger partial charge in [-0.2, -0.15) is 0 Å². The minimum absolute atomic E-state index is 0.0000522. The number of aromatic nitrogens is 1. The highest BCUT2D eigenvalue weighted by Gasteiger charge is 2.12. The lowest BCUT2D eigenvalue weighted by Gasteiger charge is -2.10. The van der Waals surface area contributed by atoms with Gasteiger partial charge in [0.2, 0.25) is 5.69 Å². The van der Waals surface area contributed by atoms with Crippen molar-refractivity contribution in [2.24, 2.45) is 0 Å². The molecule has 2 aromatic carbocycles. The average Bonchev–Trinajstić information content (AvgIpc) is 2.58. The van der Waals surface area contributed by atoms with Gasteiger partial charge in [-0.3, -0.25) is 4.98 Å². The Kier molecular flexibility index (Phi) is 4.05. The van der Waals surface area contributed by atoms with Crippen molar-refractivity contribution in [2.75, 3.05) is 0 Å². The lowest BCUT2D eigenvalue weighted by atomic mass is 9.99. The minimum atomic E-state index is -0.570. The Labute approximate surface area is 136 Å². The van der Waals surface area contributed by atoms with Gasteiger partial charge in [0.15, 0.2) is 0 Å². The van der Waals surface area contributed by atoms with Crippen molar-refractivity contribution < 1.29 is 8.78 Å². The Morgan fingerprint density at radius 2 is 1.70 bits per heavy atom. The van der Waals surface area contributed by atoms with E-state index in [1.54, 1.807) is 30.5 Å². The smallest absolute Gasteiger partial charge is 0.222 e. The highest BCUT2D eigenvalue weighted by Crippen LogP contribution is 2.34. The topological polar surface area (TPSA) is 17.2 Å². The molecule has 0 saturated heterocycles. The quantitative estimate of drug-likeness (QED) is 0.536. The van der Waals surface area contributed by atoms with Crippen molar-refractivity contribution in [1.29, 1.82) is 0 Å². The largest absolute Gasteiger partial charge is 0.256 e. The molecule has 1 aromatic heterocycles. The second-order valence-electron chi connectivity index (χ2n) is 4.81. The highest BCUT2D eigenvalue weighted by atomic mass is 35.5. The Balaban J connectivity index is 2.19. The molecule has 112 valence electrons. The molecule has 0 amide bonds. The minimum Gasteiger partial charge on any atom is -0.256 e.